The minimum absolute atomic E-state index is 0.00994. The van der Waals surface area contributed by atoms with Crippen LogP contribution in [0.3, 0.4) is 0 Å². The number of amides is 1. The molecule has 0 unspecified atom stereocenters. The van der Waals surface area contributed by atoms with Gasteiger partial charge in [0, 0.05) is 51.4 Å². The van der Waals surface area contributed by atoms with E-state index in [1.54, 1.807) is 11.0 Å². The smallest absolute Gasteiger partial charge is 0.257 e. The van der Waals surface area contributed by atoms with Gasteiger partial charge >= 0.3 is 0 Å². The van der Waals surface area contributed by atoms with Crippen LogP contribution in [0.15, 0.2) is 30.3 Å². The fourth-order valence-corrected chi connectivity index (χ4v) is 4.94. The first-order valence-corrected chi connectivity index (χ1v) is 12.0. The minimum atomic E-state index is -3.20. The Bertz CT molecular complexity index is 1040. The monoisotopic (exact) mass is 433 g/mol. The minimum Gasteiger partial charge on any atom is -0.507 e. The molecule has 2 fully saturated rings. The van der Waals surface area contributed by atoms with E-state index >= 15 is 0 Å². The molecule has 0 aliphatic carbocycles. The van der Waals surface area contributed by atoms with Crippen LogP contribution in [0.5, 0.6) is 5.75 Å². The van der Waals surface area contributed by atoms with Gasteiger partial charge in [0.2, 0.25) is 10.0 Å². The summed E-state index contributed by atoms with van der Waals surface area (Å²) in [6.07, 6.45) is 1.22. The van der Waals surface area contributed by atoms with Gasteiger partial charge in [-0.3, -0.25) is 9.69 Å². The molecule has 9 heteroatoms. The number of rotatable bonds is 4. The molecule has 162 valence electrons. The second kappa shape index (κ2) is 8.50. The standard InChI is InChI=1S/C21H27N3O5S/c1-30(27,28)24-8-6-22(7-9-24)15-19-17-5-3-2-4-16(17)14-18(20(19)25)21(26)23-10-12-29-13-11-23/h2-5,14,25H,6-13,15H2,1H3. The van der Waals surface area contributed by atoms with Crippen molar-refractivity contribution in [3.8, 4) is 5.75 Å². The Morgan fingerprint density at radius 3 is 2.40 bits per heavy atom. The van der Waals surface area contributed by atoms with Gasteiger partial charge in [-0.1, -0.05) is 24.3 Å². The first kappa shape index (κ1) is 21.0. The molecule has 2 aromatic rings. The van der Waals surface area contributed by atoms with Crippen molar-refractivity contribution in [2.24, 2.45) is 0 Å². The molecule has 2 aliphatic rings. The molecule has 2 aromatic carbocycles. The number of benzene rings is 2. The Balaban J connectivity index is 1.63. The van der Waals surface area contributed by atoms with Crippen molar-refractivity contribution < 1.29 is 23.1 Å². The lowest BCUT2D eigenvalue weighted by atomic mass is 9.97. The van der Waals surface area contributed by atoms with E-state index in [9.17, 15) is 18.3 Å². The molecular formula is C21H27N3O5S. The van der Waals surface area contributed by atoms with E-state index in [0.29, 0.717) is 70.2 Å². The summed E-state index contributed by atoms with van der Waals surface area (Å²) >= 11 is 0. The molecule has 0 radical (unpaired) electrons. The number of carbonyl (C=O) groups excluding carboxylic acids is 1. The molecule has 30 heavy (non-hydrogen) atoms. The topological polar surface area (TPSA) is 90.4 Å². The summed E-state index contributed by atoms with van der Waals surface area (Å²) in [7, 11) is -3.20. The number of sulfonamides is 1. The number of hydrogen-bond donors (Lipinski definition) is 1. The molecule has 0 spiro atoms. The van der Waals surface area contributed by atoms with E-state index in [1.165, 1.54) is 10.6 Å². The number of ether oxygens (including phenoxy) is 1. The van der Waals surface area contributed by atoms with E-state index in [1.807, 2.05) is 24.3 Å². The van der Waals surface area contributed by atoms with Gasteiger partial charge in [-0.05, 0) is 16.8 Å². The molecular weight excluding hydrogens is 406 g/mol. The van der Waals surface area contributed by atoms with E-state index in [0.717, 1.165) is 10.8 Å². The number of phenols is 1. The van der Waals surface area contributed by atoms with Crippen LogP contribution in [-0.4, -0.2) is 92.3 Å². The predicted molar refractivity (Wildman–Crippen MR) is 114 cm³/mol. The first-order chi connectivity index (χ1) is 14.3. The maximum atomic E-state index is 13.1. The Labute approximate surface area is 176 Å². The summed E-state index contributed by atoms with van der Waals surface area (Å²) in [6.45, 7) is 4.45. The van der Waals surface area contributed by atoms with Crippen molar-refractivity contribution in [2.75, 3.05) is 58.7 Å². The van der Waals surface area contributed by atoms with Gasteiger partial charge in [-0.2, -0.15) is 4.31 Å². The van der Waals surface area contributed by atoms with Crippen molar-refractivity contribution in [2.45, 2.75) is 6.54 Å². The molecule has 1 N–H and O–H groups in total. The molecule has 2 aliphatic heterocycles. The van der Waals surface area contributed by atoms with Crippen LogP contribution < -0.4 is 0 Å². The molecule has 0 aromatic heterocycles. The van der Waals surface area contributed by atoms with Gasteiger partial charge in [0.1, 0.15) is 5.75 Å². The fourth-order valence-electron chi connectivity index (χ4n) is 4.11. The summed E-state index contributed by atoms with van der Waals surface area (Å²) < 4.78 is 30.3. The lowest BCUT2D eigenvalue weighted by Gasteiger charge is -2.33. The number of phenolic OH excluding ortho intramolecular Hbond substituents is 1. The van der Waals surface area contributed by atoms with Gasteiger partial charge in [0.25, 0.3) is 5.91 Å². The number of hydrogen-bond acceptors (Lipinski definition) is 6. The van der Waals surface area contributed by atoms with Gasteiger partial charge in [-0.25, -0.2) is 8.42 Å². The van der Waals surface area contributed by atoms with Crippen molar-refractivity contribution in [3.63, 3.8) is 0 Å². The van der Waals surface area contributed by atoms with Crippen molar-refractivity contribution >= 4 is 26.7 Å². The Hall–Kier alpha value is -2.20. The van der Waals surface area contributed by atoms with Gasteiger partial charge in [0.15, 0.2) is 0 Å². The highest BCUT2D eigenvalue weighted by molar-refractivity contribution is 7.88. The van der Waals surface area contributed by atoms with Crippen LogP contribution in [0, 0.1) is 0 Å². The van der Waals surface area contributed by atoms with E-state index < -0.39 is 10.0 Å². The molecule has 0 saturated carbocycles. The maximum Gasteiger partial charge on any atom is 0.257 e. The average Bonchev–Trinajstić information content (AvgIpc) is 2.75. The summed E-state index contributed by atoms with van der Waals surface area (Å²) in [6, 6.07) is 9.47. The van der Waals surface area contributed by atoms with Gasteiger partial charge in [-0.15, -0.1) is 0 Å². The number of morpholine rings is 1. The zero-order valence-electron chi connectivity index (χ0n) is 17.1. The molecule has 0 bridgehead atoms. The average molecular weight is 434 g/mol. The number of aromatic hydroxyl groups is 1. The SMILES string of the molecule is CS(=O)(=O)N1CCN(Cc2c(O)c(C(=O)N3CCOCC3)cc3ccccc23)CC1. The van der Waals surface area contributed by atoms with Crippen molar-refractivity contribution in [1.29, 1.82) is 0 Å². The molecule has 8 nitrogen and oxygen atoms in total. The van der Waals surface area contributed by atoms with Crippen LogP contribution in [0.2, 0.25) is 0 Å². The van der Waals surface area contributed by atoms with Crippen molar-refractivity contribution in [3.05, 3.63) is 41.5 Å². The van der Waals surface area contributed by atoms with E-state index in [-0.39, 0.29) is 11.7 Å². The number of carbonyl (C=O) groups is 1. The lowest BCUT2D eigenvalue weighted by molar-refractivity contribution is 0.0301. The molecule has 2 heterocycles. The summed E-state index contributed by atoms with van der Waals surface area (Å²) in [5, 5.41) is 12.9. The van der Waals surface area contributed by atoms with E-state index in [4.69, 9.17) is 4.74 Å². The fraction of sp³-hybridized carbons (Fsp3) is 0.476. The highest BCUT2D eigenvalue weighted by Gasteiger charge is 2.27. The normalized spacial score (nSPS) is 19.3. The van der Waals surface area contributed by atoms with Crippen LogP contribution in [0.25, 0.3) is 10.8 Å². The highest BCUT2D eigenvalue weighted by Crippen LogP contribution is 2.33. The van der Waals surface area contributed by atoms with Crippen LogP contribution >= 0.6 is 0 Å². The second-order valence-electron chi connectivity index (χ2n) is 7.82. The predicted octanol–water partition coefficient (Wildman–Crippen LogP) is 1.10. The van der Waals surface area contributed by atoms with Gasteiger partial charge < -0.3 is 14.7 Å². The maximum absolute atomic E-state index is 13.1. The highest BCUT2D eigenvalue weighted by atomic mass is 32.2. The molecule has 2 saturated heterocycles. The molecule has 0 atom stereocenters. The Kier molecular flexibility index (Phi) is 5.97. The number of fused-ring (bicyclic) bond motifs is 1. The number of piperazine rings is 1. The third-order valence-electron chi connectivity index (χ3n) is 5.84. The quantitative estimate of drug-likeness (QED) is 0.777. The van der Waals surface area contributed by atoms with Crippen molar-refractivity contribution in [1.82, 2.24) is 14.1 Å². The third kappa shape index (κ3) is 4.29. The summed E-state index contributed by atoms with van der Waals surface area (Å²) in [5.41, 5.74) is 1.01. The zero-order valence-corrected chi connectivity index (χ0v) is 17.9. The van der Waals surface area contributed by atoms with Crippen LogP contribution in [0.4, 0.5) is 0 Å². The molecule has 1 amide bonds. The second-order valence-corrected chi connectivity index (χ2v) is 9.80. The van der Waals surface area contributed by atoms with Crippen LogP contribution in [0.1, 0.15) is 15.9 Å². The Morgan fingerprint density at radius 1 is 1.07 bits per heavy atom. The summed E-state index contributed by atoms with van der Waals surface area (Å²) in [4.78, 5) is 16.9. The van der Waals surface area contributed by atoms with Gasteiger partial charge in [0.05, 0.1) is 25.0 Å². The summed E-state index contributed by atoms with van der Waals surface area (Å²) in [5.74, 6) is -0.180. The molecule has 4 rings (SSSR count). The zero-order chi connectivity index (χ0) is 21.3. The largest absolute Gasteiger partial charge is 0.507 e. The third-order valence-corrected chi connectivity index (χ3v) is 7.14. The lowest BCUT2D eigenvalue weighted by Crippen LogP contribution is -2.47. The number of nitrogens with zero attached hydrogens (tertiary/aromatic N) is 3. The Morgan fingerprint density at radius 2 is 1.73 bits per heavy atom. The first-order valence-electron chi connectivity index (χ1n) is 10.1. The van der Waals surface area contributed by atoms with E-state index in [2.05, 4.69) is 4.90 Å². The van der Waals surface area contributed by atoms with Crippen LogP contribution in [-0.2, 0) is 21.3 Å².